The molecule has 0 saturated heterocycles. The topological polar surface area (TPSA) is 12.0 Å². The fourth-order valence-corrected chi connectivity index (χ4v) is 2.29. The van der Waals surface area contributed by atoms with Gasteiger partial charge < -0.3 is 5.32 Å². The van der Waals surface area contributed by atoms with E-state index in [-0.39, 0.29) is 0 Å². The molecule has 0 aromatic carbocycles. The van der Waals surface area contributed by atoms with Gasteiger partial charge in [-0.15, -0.1) is 0 Å². The fraction of sp³-hybridized carbons (Fsp3) is 1.00. The highest BCUT2D eigenvalue weighted by Gasteiger charge is 2.11. The third-order valence-corrected chi connectivity index (χ3v) is 3.25. The van der Waals surface area contributed by atoms with Gasteiger partial charge in [-0.3, -0.25) is 0 Å². The van der Waals surface area contributed by atoms with Crippen LogP contribution in [0.25, 0.3) is 0 Å². The van der Waals surface area contributed by atoms with Crippen LogP contribution in [0, 0.1) is 5.92 Å². The molecule has 0 amide bonds. The Morgan fingerprint density at radius 1 is 1.07 bits per heavy atom. The first-order valence-electron chi connectivity index (χ1n) is 6.52. The van der Waals surface area contributed by atoms with Gasteiger partial charge in [0.15, 0.2) is 0 Å². The first-order valence-corrected chi connectivity index (χ1v) is 6.52. The Labute approximate surface area is 89.7 Å². The summed E-state index contributed by atoms with van der Waals surface area (Å²) in [6, 6.07) is 0.850. The minimum Gasteiger partial charge on any atom is -0.314 e. The van der Waals surface area contributed by atoms with E-state index >= 15 is 0 Å². The van der Waals surface area contributed by atoms with Gasteiger partial charge in [0.05, 0.1) is 0 Å². The van der Waals surface area contributed by atoms with Gasteiger partial charge in [0.1, 0.15) is 0 Å². The van der Waals surface area contributed by atoms with Crippen LogP contribution in [0.15, 0.2) is 0 Å². The molecule has 0 spiro atoms. The van der Waals surface area contributed by atoms with Gasteiger partial charge in [-0.2, -0.15) is 0 Å². The summed E-state index contributed by atoms with van der Waals surface area (Å²) in [7, 11) is 0. The molecule has 1 fully saturated rings. The van der Waals surface area contributed by atoms with E-state index in [1.165, 1.54) is 57.9 Å². The summed E-state index contributed by atoms with van der Waals surface area (Å²) in [5.41, 5.74) is 0. The molecule has 1 saturated carbocycles. The molecular weight excluding hydrogens is 170 g/mol. The summed E-state index contributed by atoms with van der Waals surface area (Å²) < 4.78 is 0. The van der Waals surface area contributed by atoms with Crippen LogP contribution in [0.5, 0.6) is 0 Å². The normalized spacial score (nSPS) is 19.1. The Bertz CT molecular complexity index is 125. The smallest absolute Gasteiger partial charge is 0.00670 e. The van der Waals surface area contributed by atoms with Crippen molar-refractivity contribution in [2.75, 3.05) is 6.54 Å². The summed E-state index contributed by atoms with van der Waals surface area (Å²) >= 11 is 0. The molecule has 14 heavy (non-hydrogen) atoms. The Balaban J connectivity index is 1.87. The molecule has 1 aliphatic rings. The maximum Gasteiger partial charge on any atom is 0.00670 e. The molecule has 0 atom stereocenters. The van der Waals surface area contributed by atoms with Crippen LogP contribution < -0.4 is 5.32 Å². The summed E-state index contributed by atoms with van der Waals surface area (Å²) in [5, 5.41) is 3.70. The molecule has 1 aliphatic carbocycles. The molecule has 0 aliphatic heterocycles. The minimum absolute atomic E-state index is 0.850. The van der Waals surface area contributed by atoms with E-state index in [0.717, 1.165) is 12.0 Å². The van der Waals surface area contributed by atoms with E-state index in [1.54, 1.807) is 0 Å². The van der Waals surface area contributed by atoms with Crippen molar-refractivity contribution < 1.29 is 0 Å². The summed E-state index contributed by atoms with van der Waals surface area (Å²) in [6.07, 6.45) is 11.4. The van der Waals surface area contributed by atoms with Crippen molar-refractivity contribution in [3.8, 4) is 0 Å². The lowest BCUT2D eigenvalue weighted by Gasteiger charge is -2.22. The average Bonchev–Trinajstić information content (AvgIpc) is 2.18. The Kier molecular flexibility index (Phi) is 6.25. The van der Waals surface area contributed by atoms with Gasteiger partial charge in [-0.25, -0.2) is 0 Å². The Hall–Kier alpha value is -0.0400. The molecule has 1 N–H and O–H groups in total. The number of hydrogen-bond donors (Lipinski definition) is 1. The molecule has 1 heteroatoms. The second kappa shape index (κ2) is 7.28. The van der Waals surface area contributed by atoms with Crippen molar-refractivity contribution in [2.24, 2.45) is 5.92 Å². The lowest BCUT2D eigenvalue weighted by molar-refractivity contribution is 0.368. The van der Waals surface area contributed by atoms with Crippen molar-refractivity contribution in [2.45, 2.75) is 71.3 Å². The first-order chi connectivity index (χ1) is 6.79. The lowest BCUT2D eigenvalue weighted by atomic mass is 9.95. The number of hydrogen-bond acceptors (Lipinski definition) is 1. The van der Waals surface area contributed by atoms with Crippen LogP contribution in [-0.2, 0) is 0 Å². The standard InChI is InChI=1S/C13H27N/c1-12(2)8-6-7-11-14-13-9-4-3-5-10-13/h12-14H,3-11H2,1-2H3. The quantitative estimate of drug-likeness (QED) is 0.640. The molecule has 0 radical (unpaired) electrons. The average molecular weight is 197 g/mol. The van der Waals surface area contributed by atoms with Gasteiger partial charge >= 0.3 is 0 Å². The lowest BCUT2D eigenvalue weighted by Crippen LogP contribution is -2.31. The first kappa shape index (κ1) is 12.0. The van der Waals surface area contributed by atoms with Crippen molar-refractivity contribution in [3.63, 3.8) is 0 Å². The van der Waals surface area contributed by atoms with E-state index < -0.39 is 0 Å². The monoisotopic (exact) mass is 197 g/mol. The van der Waals surface area contributed by atoms with Crippen LogP contribution >= 0.6 is 0 Å². The minimum atomic E-state index is 0.850. The Morgan fingerprint density at radius 2 is 1.79 bits per heavy atom. The predicted octanol–water partition coefficient (Wildman–Crippen LogP) is 3.74. The maximum absolute atomic E-state index is 3.70. The van der Waals surface area contributed by atoms with Crippen molar-refractivity contribution in [1.29, 1.82) is 0 Å². The molecule has 1 rings (SSSR count). The zero-order valence-corrected chi connectivity index (χ0v) is 10.0. The second-order valence-electron chi connectivity index (χ2n) is 5.18. The van der Waals surface area contributed by atoms with Gasteiger partial charge in [-0.1, -0.05) is 46.0 Å². The number of unbranched alkanes of at least 4 members (excludes halogenated alkanes) is 1. The second-order valence-corrected chi connectivity index (χ2v) is 5.18. The van der Waals surface area contributed by atoms with Crippen LogP contribution in [0.2, 0.25) is 0 Å². The van der Waals surface area contributed by atoms with E-state index in [0.29, 0.717) is 0 Å². The SMILES string of the molecule is CC(C)CCCCNC1CCCCC1. The third-order valence-electron chi connectivity index (χ3n) is 3.25. The number of rotatable bonds is 6. The van der Waals surface area contributed by atoms with Gasteiger partial charge in [-0.05, 0) is 31.7 Å². The van der Waals surface area contributed by atoms with E-state index in [2.05, 4.69) is 19.2 Å². The summed E-state index contributed by atoms with van der Waals surface area (Å²) in [4.78, 5) is 0. The molecule has 0 bridgehead atoms. The highest BCUT2D eigenvalue weighted by Crippen LogP contribution is 2.17. The highest BCUT2D eigenvalue weighted by atomic mass is 14.9. The molecule has 0 heterocycles. The van der Waals surface area contributed by atoms with Crippen molar-refractivity contribution in [3.05, 3.63) is 0 Å². The molecule has 0 unspecified atom stereocenters. The van der Waals surface area contributed by atoms with Crippen LogP contribution in [-0.4, -0.2) is 12.6 Å². The van der Waals surface area contributed by atoms with Gasteiger partial charge in [0.25, 0.3) is 0 Å². The van der Waals surface area contributed by atoms with Gasteiger partial charge in [0, 0.05) is 6.04 Å². The maximum atomic E-state index is 3.70. The predicted molar refractivity (Wildman–Crippen MR) is 63.6 cm³/mol. The number of nitrogens with one attached hydrogen (secondary N) is 1. The van der Waals surface area contributed by atoms with Crippen LogP contribution in [0.1, 0.15) is 65.2 Å². The highest BCUT2D eigenvalue weighted by molar-refractivity contribution is 4.71. The Morgan fingerprint density at radius 3 is 2.43 bits per heavy atom. The summed E-state index contributed by atoms with van der Waals surface area (Å²) in [5.74, 6) is 0.879. The zero-order chi connectivity index (χ0) is 10.2. The van der Waals surface area contributed by atoms with Gasteiger partial charge in [0.2, 0.25) is 0 Å². The van der Waals surface area contributed by atoms with E-state index in [4.69, 9.17) is 0 Å². The third kappa shape index (κ3) is 5.64. The molecule has 1 nitrogen and oxygen atoms in total. The molecular formula is C13H27N. The largest absolute Gasteiger partial charge is 0.314 e. The molecule has 0 aromatic heterocycles. The van der Waals surface area contributed by atoms with E-state index in [1.807, 2.05) is 0 Å². The zero-order valence-electron chi connectivity index (χ0n) is 10.0. The molecule has 84 valence electrons. The fourth-order valence-electron chi connectivity index (χ4n) is 2.29. The molecule has 0 aromatic rings. The summed E-state index contributed by atoms with van der Waals surface area (Å²) in [6.45, 7) is 5.88. The van der Waals surface area contributed by atoms with Crippen molar-refractivity contribution >= 4 is 0 Å². The van der Waals surface area contributed by atoms with Crippen LogP contribution in [0.3, 0.4) is 0 Å². The van der Waals surface area contributed by atoms with Crippen LogP contribution in [0.4, 0.5) is 0 Å². The van der Waals surface area contributed by atoms with Crippen molar-refractivity contribution in [1.82, 2.24) is 5.32 Å². The van der Waals surface area contributed by atoms with E-state index in [9.17, 15) is 0 Å².